The standard InChI is InChI=1S/C22H19N5O2S/c1-29-16-9-7-15(8-10-16)21-24-22(26-25-21)30-14-20(28)18-13-27(12-4-11-23)19-6-3-2-5-17(18)19/h2-3,5-10,13H,4,12,14H2,1H3,(H,24,25,26). The number of thioether (sulfide) groups is 1. The first kappa shape index (κ1) is 19.7. The average Bonchev–Trinajstić information content (AvgIpc) is 3.41. The molecule has 0 radical (unpaired) electrons. The Labute approximate surface area is 177 Å². The number of fused-ring (bicyclic) bond motifs is 1. The van der Waals surface area contributed by atoms with Crippen molar-refractivity contribution < 1.29 is 9.53 Å². The molecule has 0 spiro atoms. The predicted molar refractivity (Wildman–Crippen MR) is 116 cm³/mol. The van der Waals surface area contributed by atoms with E-state index in [0.717, 1.165) is 22.2 Å². The minimum absolute atomic E-state index is 0.00250. The number of carbonyl (C=O) groups is 1. The first-order valence-electron chi connectivity index (χ1n) is 9.37. The molecule has 0 aliphatic heterocycles. The van der Waals surface area contributed by atoms with Crippen LogP contribution in [0.5, 0.6) is 5.75 Å². The van der Waals surface area contributed by atoms with Crippen LogP contribution < -0.4 is 4.74 Å². The zero-order chi connectivity index (χ0) is 20.9. The highest BCUT2D eigenvalue weighted by molar-refractivity contribution is 7.99. The van der Waals surface area contributed by atoms with Crippen LogP contribution in [0, 0.1) is 11.3 Å². The van der Waals surface area contributed by atoms with Crippen LogP contribution in [0.3, 0.4) is 0 Å². The monoisotopic (exact) mass is 417 g/mol. The van der Waals surface area contributed by atoms with Gasteiger partial charge in [-0.1, -0.05) is 30.0 Å². The molecule has 4 aromatic rings. The molecule has 0 amide bonds. The minimum Gasteiger partial charge on any atom is -0.497 e. The van der Waals surface area contributed by atoms with Crippen LogP contribution in [0.1, 0.15) is 16.8 Å². The van der Waals surface area contributed by atoms with Gasteiger partial charge in [0.25, 0.3) is 0 Å². The molecule has 0 saturated heterocycles. The number of nitriles is 1. The van der Waals surface area contributed by atoms with Gasteiger partial charge in [0, 0.05) is 34.8 Å². The number of carbonyl (C=O) groups excluding carboxylic acids is 1. The van der Waals surface area contributed by atoms with Gasteiger partial charge < -0.3 is 9.30 Å². The number of H-pyrrole nitrogens is 1. The van der Waals surface area contributed by atoms with Crippen molar-refractivity contribution >= 4 is 28.4 Å². The normalized spacial score (nSPS) is 10.8. The number of benzene rings is 2. The number of hydrogen-bond donors (Lipinski definition) is 1. The molecular formula is C22H19N5O2S. The topological polar surface area (TPSA) is 96.6 Å². The molecule has 0 fully saturated rings. The first-order valence-corrected chi connectivity index (χ1v) is 10.4. The van der Waals surface area contributed by atoms with Crippen LogP contribution >= 0.6 is 11.8 Å². The summed E-state index contributed by atoms with van der Waals surface area (Å²) in [5, 5.41) is 17.4. The molecule has 30 heavy (non-hydrogen) atoms. The lowest BCUT2D eigenvalue weighted by Gasteiger charge is -2.00. The fourth-order valence-electron chi connectivity index (χ4n) is 3.22. The summed E-state index contributed by atoms with van der Waals surface area (Å²) in [5.41, 5.74) is 2.50. The van der Waals surface area contributed by atoms with Gasteiger partial charge >= 0.3 is 0 Å². The number of rotatable bonds is 8. The summed E-state index contributed by atoms with van der Waals surface area (Å²) in [6.07, 6.45) is 2.23. The van der Waals surface area contributed by atoms with E-state index in [1.807, 2.05) is 59.3 Å². The third-order valence-electron chi connectivity index (χ3n) is 4.71. The van der Waals surface area contributed by atoms with Crippen molar-refractivity contribution in [3.63, 3.8) is 0 Å². The van der Waals surface area contributed by atoms with Gasteiger partial charge in [-0.05, 0) is 30.3 Å². The van der Waals surface area contributed by atoms with Gasteiger partial charge in [-0.15, -0.1) is 5.10 Å². The van der Waals surface area contributed by atoms with Crippen LogP contribution in [-0.4, -0.2) is 38.4 Å². The molecule has 2 heterocycles. The number of aromatic nitrogens is 4. The largest absolute Gasteiger partial charge is 0.497 e. The zero-order valence-corrected chi connectivity index (χ0v) is 17.1. The fraction of sp³-hybridized carbons (Fsp3) is 0.182. The number of para-hydroxylation sites is 1. The summed E-state index contributed by atoms with van der Waals surface area (Å²) in [5.74, 6) is 1.64. The van der Waals surface area contributed by atoms with E-state index in [-0.39, 0.29) is 11.5 Å². The highest BCUT2D eigenvalue weighted by Gasteiger charge is 2.16. The van der Waals surface area contributed by atoms with E-state index in [0.29, 0.717) is 29.5 Å². The van der Waals surface area contributed by atoms with Crippen molar-refractivity contribution in [2.45, 2.75) is 18.1 Å². The number of nitrogens with one attached hydrogen (secondary N) is 1. The third kappa shape index (κ3) is 4.07. The molecule has 2 aromatic heterocycles. The van der Waals surface area contributed by atoms with Gasteiger partial charge in [-0.2, -0.15) is 5.26 Å². The third-order valence-corrected chi connectivity index (χ3v) is 5.56. The number of aryl methyl sites for hydroxylation is 1. The number of Topliss-reactive ketones (excluding diaryl/α,β-unsaturated/α-hetero) is 1. The van der Waals surface area contributed by atoms with Crippen LogP contribution in [0.2, 0.25) is 0 Å². The lowest BCUT2D eigenvalue weighted by Crippen LogP contribution is -2.02. The Morgan fingerprint density at radius 1 is 1.23 bits per heavy atom. The molecule has 0 atom stereocenters. The van der Waals surface area contributed by atoms with Crippen LogP contribution in [0.15, 0.2) is 59.9 Å². The maximum atomic E-state index is 12.9. The fourth-order valence-corrected chi connectivity index (χ4v) is 3.90. The molecule has 1 N–H and O–H groups in total. The Morgan fingerprint density at radius 2 is 2.03 bits per heavy atom. The van der Waals surface area contributed by atoms with E-state index >= 15 is 0 Å². The Kier molecular flexibility index (Phi) is 5.82. The molecule has 0 aliphatic rings. The van der Waals surface area contributed by atoms with E-state index in [2.05, 4.69) is 21.3 Å². The molecule has 7 nitrogen and oxygen atoms in total. The molecular weight excluding hydrogens is 398 g/mol. The Bertz CT molecular complexity index is 1220. The number of nitrogens with zero attached hydrogens (tertiary/aromatic N) is 4. The number of hydrogen-bond acceptors (Lipinski definition) is 6. The van der Waals surface area contributed by atoms with Crippen molar-refractivity contribution in [2.24, 2.45) is 0 Å². The van der Waals surface area contributed by atoms with Crippen molar-refractivity contribution in [3.05, 3.63) is 60.3 Å². The summed E-state index contributed by atoms with van der Waals surface area (Å²) in [4.78, 5) is 17.4. The molecule has 0 bridgehead atoms. The van der Waals surface area contributed by atoms with Crippen LogP contribution in [0.25, 0.3) is 22.3 Å². The highest BCUT2D eigenvalue weighted by atomic mass is 32.2. The Morgan fingerprint density at radius 3 is 2.80 bits per heavy atom. The van der Waals surface area contributed by atoms with E-state index < -0.39 is 0 Å². The maximum Gasteiger partial charge on any atom is 0.209 e. The molecule has 150 valence electrons. The maximum absolute atomic E-state index is 12.9. The van der Waals surface area contributed by atoms with Gasteiger partial charge in [0.15, 0.2) is 11.6 Å². The molecule has 0 saturated carbocycles. The summed E-state index contributed by atoms with van der Waals surface area (Å²) >= 11 is 1.29. The second-order valence-corrected chi connectivity index (χ2v) is 7.51. The van der Waals surface area contributed by atoms with Crippen molar-refractivity contribution in [1.82, 2.24) is 19.7 Å². The molecule has 4 rings (SSSR count). The lowest BCUT2D eigenvalue weighted by atomic mass is 10.1. The van der Waals surface area contributed by atoms with Gasteiger partial charge in [0.2, 0.25) is 5.16 Å². The summed E-state index contributed by atoms with van der Waals surface area (Å²) in [6.45, 7) is 0.559. The van der Waals surface area contributed by atoms with Gasteiger partial charge in [-0.3, -0.25) is 9.89 Å². The average molecular weight is 417 g/mol. The van der Waals surface area contributed by atoms with Crippen LogP contribution in [0.4, 0.5) is 0 Å². The quantitative estimate of drug-likeness (QED) is 0.339. The summed E-state index contributed by atoms with van der Waals surface area (Å²) in [7, 11) is 1.62. The Balaban J connectivity index is 1.48. The van der Waals surface area contributed by atoms with E-state index in [9.17, 15) is 4.79 Å². The smallest absolute Gasteiger partial charge is 0.209 e. The predicted octanol–water partition coefficient (Wildman–Crippen LogP) is 4.32. The number of methoxy groups -OCH3 is 1. The Hall–Kier alpha value is -3.57. The second kappa shape index (κ2) is 8.84. The van der Waals surface area contributed by atoms with Crippen molar-refractivity contribution in [2.75, 3.05) is 12.9 Å². The lowest BCUT2D eigenvalue weighted by molar-refractivity contribution is 0.102. The number of aromatic amines is 1. The van der Waals surface area contributed by atoms with Crippen molar-refractivity contribution in [1.29, 1.82) is 5.26 Å². The van der Waals surface area contributed by atoms with Crippen LogP contribution in [-0.2, 0) is 6.54 Å². The van der Waals surface area contributed by atoms with E-state index in [4.69, 9.17) is 10.00 Å². The molecule has 8 heteroatoms. The van der Waals surface area contributed by atoms with Gasteiger partial charge in [-0.25, -0.2) is 4.98 Å². The number of ketones is 1. The van der Waals surface area contributed by atoms with E-state index in [1.54, 1.807) is 7.11 Å². The van der Waals surface area contributed by atoms with Gasteiger partial charge in [0.1, 0.15) is 5.75 Å². The van der Waals surface area contributed by atoms with Crippen molar-refractivity contribution in [3.8, 4) is 23.2 Å². The van der Waals surface area contributed by atoms with E-state index in [1.165, 1.54) is 11.8 Å². The molecule has 2 aromatic carbocycles. The minimum atomic E-state index is 0.00250. The molecule has 0 aliphatic carbocycles. The zero-order valence-electron chi connectivity index (χ0n) is 16.3. The first-order chi connectivity index (χ1) is 14.7. The van der Waals surface area contributed by atoms with Gasteiger partial charge in [0.05, 0.1) is 25.4 Å². The SMILES string of the molecule is COc1ccc(-c2nc(SCC(=O)c3cn(CCC#N)c4ccccc34)n[nH]2)cc1. The number of ether oxygens (including phenoxy) is 1. The summed E-state index contributed by atoms with van der Waals surface area (Å²) in [6, 6.07) is 17.4. The summed E-state index contributed by atoms with van der Waals surface area (Å²) < 4.78 is 7.13. The molecule has 0 unspecified atom stereocenters. The highest BCUT2D eigenvalue weighted by Crippen LogP contribution is 2.25. The second-order valence-electron chi connectivity index (χ2n) is 6.57.